The SMILES string of the molecule is CCc1cc2c(SC(C)C(=O)NC(c3ccccc3)c3ccccc3)nc(C)nc2s1. The van der Waals surface area contributed by atoms with Crippen LogP contribution in [0.1, 0.15) is 41.7 Å². The molecule has 0 saturated heterocycles. The molecule has 1 atom stereocenters. The Morgan fingerprint density at radius 1 is 1.03 bits per heavy atom. The van der Waals surface area contributed by atoms with Gasteiger partial charge in [-0.05, 0) is 37.5 Å². The van der Waals surface area contributed by atoms with Crippen molar-refractivity contribution in [2.24, 2.45) is 0 Å². The zero-order valence-corrected chi connectivity index (χ0v) is 19.5. The van der Waals surface area contributed by atoms with E-state index in [0.717, 1.165) is 38.6 Å². The van der Waals surface area contributed by atoms with Crippen molar-refractivity contribution in [3.05, 3.63) is 88.6 Å². The first kappa shape index (κ1) is 21.5. The molecule has 0 saturated carbocycles. The third kappa shape index (κ3) is 4.97. The smallest absolute Gasteiger partial charge is 0.234 e. The summed E-state index contributed by atoms with van der Waals surface area (Å²) >= 11 is 3.20. The molecule has 6 heteroatoms. The number of nitrogens with one attached hydrogen (secondary N) is 1. The van der Waals surface area contributed by atoms with E-state index >= 15 is 0 Å². The van der Waals surface area contributed by atoms with Crippen LogP contribution in [0.15, 0.2) is 71.8 Å². The summed E-state index contributed by atoms with van der Waals surface area (Å²) in [7, 11) is 0. The van der Waals surface area contributed by atoms with Gasteiger partial charge in [0.05, 0.1) is 11.3 Å². The summed E-state index contributed by atoms with van der Waals surface area (Å²) in [6, 6.07) is 22.1. The Balaban J connectivity index is 1.57. The molecule has 0 radical (unpaired) electrons. The third-order valence-corrected chi connectivity index (χ3v) is 7.35. The lowest BCUT2D eigenvalue weighted by Crippen LogP contribution is -2.35. The van der Waals surface area contributed by atoms with Crippen LogP contribution in [0.4, 0.5) is 0 Å². The highest BCUT2D eigenvalue weighted by atomic mass is 32.2. The Morgan fingerprint density at radius 3 is 2.23 bits per heavy atom. The maximum atomic E-state index is 13.2. The molecule has 0 bridgehead atoms. The average Bonchev–Trinajstić information content (AvgIpc) is 3.21. The molecular formula is C25H25N3OS2. The van der Waals surface area contributed by atoms with E-state index in [1.165, 1.54) is 16.6 Å². The Hall–Kier alpha value is -2.70. The number of benzene rings is 2. The number of hydrogen-bond acceptors (Lipinski definition) is 5. The molecule has 4 aromatic rings. The number of carbonyl (C=O) groups excluding carboxylic acids is 1. The number of aryl methyl sites for hydroxylation is 2. The lowest BCUT2D eigenvalue weighted by molar-refractivity contribution is -0.120. The first-order chi connectivity index (χ1) is 15.0. The number of nitrogens with zero attached hydrogens (tertiary/aromatic N) is 2. The number of aromatic nitrogens is 2. The van der Waals surface area contributed by atoms with E-state index < -0.39 is 0 Å². The molecular weight excluding hydrogens is 422 g/mol. The number of amides is 1. The van der Waals surface area contributed by atoms with Gasteiger partial charge in [0.25, 0.3) is 0 Å². The zero-order chi connectivity index (χ0) is 21.8. The van der Waals surface area contributed by atoms with Gasteiger partial charge in [-0.2, -0.15) is 0 Å². The highest BCUT2D eigenvalue weighted by Crippen LogP contribution is 2.34. The fourth-order valence-electron chi connectivity index (χ4n) is 3.44. The van der Waals surface area contributed by atoms with Gasteiger partial charge >= 0.3 is 0 Å². The van der Waals surface area contributed by atoms with E-state index in [1.54, 1.807) is 11.3 Å². The van der Waals surface area contributed by atoms with Crippen molar-refractivity contribution >= 4 is 39.2 Å². The van der Waals surface area contributed by atoms with Crippen molar-refractivity contribution in [2.75, 3.05) is 0 Å². The zero-order valence-electron chi connectivity index (χ0n) is 17.8. The van der Waals surface area contributed by atoms with Crippen molar-refractivity contribution in [1.82, 2.24) is 15.3 Å². The molecule has 1 unspecified atom stereocenters. The summed E-state index contributed by atoms with van der Waals surface area (Å²) < 4.78 is 0. The monoisotopic (exact) mass is 447 g/mol. The quantitative estimate of drug-likeness (QED) is 0.281. The van der Waals surface area contributed by atoms with Crippen LogP contribution >= 0.6 is 23.1 Å². The Kier molecular flexibility index (Phi) is 6.68. The Labute approximate surface area is 191 Å². The van der Waals surface area contributed by atoms with Crippen LogP contribution < -0.4 is 5.32 Å². The first-order valence-corrected chi connectivity index (χ1v) is 12.1. The number of thiophene rings is 1. The number of thioether (sulfide) groups is 1. The molecule has 2 aromatic carbocycles. The number of rotatable bonds is 7. The summed E-state index contributed by atoms with van der Waals surface area (Å²) in [4.78, 5) is 24.7. The molecule has 2 heterocycles. The summed E-state index contributed by atoms with van der Waals surface area (Å²) in [6.07, 6.45) is 0.968. The van der Waals surface area contributed by atoms with Gasteiger partial charge in [-0.25, -0.2) is 9.97 Å². The first-order valence-electron chi connectivity index (χ1n) is 10.4. The molecule has 0 aliphatic rings. The summed E-state index contributed by atoms with van der Waals surface area (Å²) in [5.74, 6) is 0.719. The van der Waals surface area contributed by atoms with Crippen LogP contribution in [0.2, 0.25) is 0 Å². The molecule has 0 aliphatic carbocycles. The van der Waals surface area contributed by atoms with Crippen molar-refractivity contribution < 1.29 is 4.79 Å². The van der Waals surface area contributed by atoms with Gasteiger partial charge in [-0.1, -0.05) is 79.3 Å². The van der Waals surface area contributed by atoms with Crippen LogP contribution in [0.25, 0.3) is 10.2 Å². The molecule has 0 spiro atoms. The van der Waals surface area contributed by atoms with E-state index in [-0.39, 0.29) is 17.2 Å². The second kappa shape index (κ2) is 9.62. The van der Waals surface area contributed by atoms with Crippen molar-refractivity contribution in [3.8, 4) is 0 Å². The molecule has 4 rings (SSSR count). The molecule has 31 heavy (non-hydrogen) atoms. The average molecular weight is 448 g/mol. The van der Waals surface area contributed by atoms with Crippen molar-refractivity contribution in [2.45, 2.75) is 43.5 Å². The third-order valence-electron chi connectivity index (χ3n) is 5.08. The molecule has 2 aromatic heterocycles. The van der Waals surface area contributed by atoms with Gasteiger partial charge in [0, 0.05) is 10.3 Å². The van der Waals surface area contributed by atoms with Crippen LogP contribution in [0, 0.1) is 6.92 Å². The maximum absolute atomic E-state index is 13.2. The van der Waals surface area contributed by atoms with Gasteiger partial charge in [-0.3, -0.25) is 4.79 Å². The van der Waals surface area contributed by atoms with E-state index in [9.17, 15) is 4.79 Å². The van der Waals surface area contributed by atoms with E-state index in [1.807, 2.05) is 74.5 Å². The lowest BCUT2D eigenvalue weighted by atomic mass is 9.98. The minimum atomic E-state index is -0.294. The van der Waals surface area contributed by atoms with Gasteiger partial charge in [0.1, 0.15) is 15.7 Å². The van der Waals surface area contributed by atoms with Crippen LogP contribution in [-0.2, 0) is 11.2 Å². The number of carbonyl (C=O) groups is 1. The second-order valence-corrected chi connectivity index (χ2v) is 9.83. The predicted molar refractivity (Wildman–Crippen MR) is 130 cm³/mol. The number of hydrogen-bond donors (Lipinski definition) is 1. The van der Waals surface area contributed by atoms with Gasteiger partial charge in [0.2, 0.25) is 5.91 Å². The maximum Gasteiger partial charge on any atom is 0.234 e. The minimum absolute atomic E-state index is 0.0157. The molecule has 1 N–H and O–H groups in total. The standard InChI is InChI=1S/C25H25N3OS2/c1-4-20-15-21-24(26-17(3)27-25(21)31-20)30-16(2)23(29)28-22(18-11-7-5-8-12-18)19-13-9-6-10-14-19/h5-16,22H,4H2,1-3H3,(H,28,29). The molecule has 0 aliphatic heterocycles. The number of fused-ring (bicyclic) bond motifs is 1. The van der Waals surface area contributed by atoms with Crippen molar-refractivity contribution in [3.63, 3.8) is 0 Å². The molecule has 158 valence electrons. The minimum Gasteiger partial charge on any atom is -0.344 e. The largest absolute Gasteiger partial charge is 0.344 e. The lowest BCUT2D eigenvalue weighted by Gasteiger charge is -2.22. The highest BCUT2D eigenvalue weighted by Gasteiger charge is 2.23. The van der Waals surface area contributed by atoms with E-state index in [2.05, 4.69) is 28.3 Å². The molecule has 0 fully saturated rings. The van der Waals surface area contributed by atoms with Crippen LogP contribution in [0.5, 0.6) is 0 Å². The summed E-state index contributed by atoms with van der Waals surface area (Å²) in [6.45, 7) is 5.98. The topological polar surface area (TPSA) is 54.9 Å². The fraction of sp³-hybridized carbons (Fsp3) is 0.240. The van der Waals surface area contributed by atoms with Gasteiger partial charge in [-0.15, -0.1) is 11.3 Å². The Morgan fingerprint density at radius 2 is 1.65 bits per heavy atom. The normalized spacial score (nSPS) is 12.3. The van der Waals surface area contributed by atoms with Crippen LogP contribution in [-0.4, -0.2) is 21.1 Å². The van der Waals surface area contributed by atoms with Crippen molar-refractivity contribution in [1.29, 1.82) is 0 Å². The molecule has 1 amide bonds. The van der Waals surface area contributed by atoms with E-state index in [0.29, 0.717) is 0 Å². The summed E-state index contributed by atoms with van der Waals surface area (Å²) in [5.41, 5.74) is 2.12. The van der Waals surface area contributed by atoms with Crippen LogP contribution in [0.3, 0.4) is 0 Å². The highest BCUT2D eigenvalue weighted by molar-refractivity contribution is 8.00. The van der Waals surface area contributed by atoms with Gasteiger partial charge < -0.3 is 5.32 Å². The van der Waals surface area contributed by atoms with Gasteiger partial charge in [0.15, 0.2) is 0 Å². The predicted octanol–water partition coefficient (Wildman–Crippen LogP) is 5.95. The summed E-state index contributed by atoms with van der Waals surface area (Å²) in [5, 5.41) is 4.87. The Bertz CT molecular complexity index is 1140. The fourth-order valence-corrected chi connectivity index (χ4v) is 5.50. The second-order valence-electron chi connectivity index (χ2n) is 7.38. The molecule has 4 nitrogen and oxygen atoms in total. The van der Waals surface area contributed by atoms with E-state index in [4.69, 9.17) is 0 Å².